The zero-order valence-corrected chi connectivity index (χ0v) is 36.4. The van der Waals surface area contributed by atoms with Crippen LogP contribution in [0.1, 0.15) is 111 Å². The van der Waals surface area contributed by atoms with Crippen molar-refractivity contribution < 1.29 is 27.7 Å². The lowest BCUT2D eigenvalue weighted by atomic mass is 9.99. The van der Waals surface area contributed by atoms with E-state index in [9.17, 15) is 14.2 Å². The maximum Gasteiger partial charge on any atom is 0.476 e. The van der Waals surface area contributed by atoms with Crippen LogP contribution in [0.25, 0.3) is 5.00 Å². The predicted octanol–water partition coefficient (Wildman–Crippen LogP) is 8.29. The summed E-state index contributed by atoms with van der Waals surface area (Å²) in [5.41, 5.74) is 9.48. The van der Waals surface area contributed by atoms with Crippen molar-refractivity contribution in [3.05, 3.63) is 91.8 Å². The minimum atomic E-state index is -3.98. The van der Waals surface area contributed by atoms with Crippen LogP contribution in [0.3, 0.4) is 0 Å². The molecule has 0 fully saturated rings. The fraction of sp³-hybridized carbons (Fsp3) is 0.439. The van der Waals surface area contributed by atoms with E-state index in [4.69, 9.17) is 35.9 Å². The van der Waals surface area contributed by atoms with Crippen LogP contribution in [0.5, 0.6) is 0 Å². The van der Waals surface area contributed by atoms with Gasteiger partial charge in [0.1, 0.15) is 16.9 Å². The monoisotopic (exact) mass is 835 g/mol. The number of halogens is 1. The van der Waals surface area contributed by atoms with Gasteiger partial charge in [-0.05, 0) is 104 Å². The number of phosphoric acid groups is 1. The van der Waals surface area contributed by atoms with Crippen molar-refractivity contribution in [2.24, 2.45) is 10.7 Å². The van der Waals surface area contributed by atoms with Crippen LogP contribution in [0.15, 0.2) is 47.5 Å². The van der Waals surface area contributed by atoms with Gasteiger partial charge in [-0.25, -0.2) is 4.57 Å². The van der Waals surface area contributed by atoms with Gasteiger partial charge in [-0.3, -0.25) is 32.7 Å². The summed E-state index contributed by atoms with van der Waals surface area (Å²) >= 11 is 7.87. The Hall–Kier alpha value is -4.19. The van der Waals surface area contributed by atoms with E-state index in [0.29, 0.717) is 39.9 Å². The number of fused-ring (bicyclic) bond motifs is 3. The van der Waals surface area contributed by atoms with E-state index in [0.717, 1.165) is 32.3 Å². The van der Waals surface area contributed by atoms with Crippen molar-refractivity contribution in [1.82, 2.24) is 20.1 Å². The molecule has 1 aliphatic rings. The van der Waals surface area contributed by atoms with E-state index in [2.05, 4.69) is 46.5 Å². The molecule has 0 radical (unpaired) electrons. The third kappa shape index (κ3) is 11.7. The number of nitrogens with one attached hydrogen (secondary N) is 2. The van der Waals surface area contributed by atoms with Gasteiger partial charge in [0.05, 0.1) is 36.5 Å². The number of phosphoric ester groups is 1. The van der Waals surface area contributed by atoms with Gasteiger partial charge in [-0.15, -0.1) is 21.5 Å². The van der Waals surface area contributed by atoms with E-state index in [1.165, 1.54) is 0 Å². The molecule has 0 bridgehead atoms. The summed E-state index contributed by atoms with van der Waals surface area (Å²) in [6.45, 7) is 16.9. The van der Waals surface area contributed by atoms with Crippen LogP contribution in [0.4, 0.5) is 5.69 Å². The van der Waals surface area contributed by atoms with E-state index >= 15 is 0 Å². The van der Waals surface area contributed by atoms with Crippen LogP contribution < -0.4 is 16.4 Å². The molecule has 0 saturated heterocycles. The van der Waals surface area contributed by atoms with Gasteiger partial charge >= 0.3 is 7.82 Å². The summed E-state index contributed by atoms with van der Waals surface area (Å²) in [4.78, 5) is 32.7. The number of aliphatic imine (C=N–C) groups is 1. The molecule has 1 aliphatic heterocycles. The lowest BCUT2D eigenvalue weighted by Gasteiger charge is -2.31. The van der Waals surface area contributed by atoms with E-state index in [-0.39, 0.29) is 44.4 Å². The van der Waals surface area contributed by atoms with Crippen molar-refractivity contribution >= 4 is 54.0 Å². The zero-order chi connectivity index (χ0) is 41.7. The average Bonchev–Trinajstić information content (AvgIpc) is 3.59. The van der Waals surface area contributed by atoms with Crippen LogP contribution in [-0.4, -0.2) is 56.6 Å². The third-order valence-electron chi connectivity index (χ3n) is 8.51. The van der Waals surface area contributed by atoms with Crippen molar-refractivity contribution in [2.45, 2.75) is 105 Å². The maximum atomic E-state index is 13.6. The first-order valence-electron chi connectivity index (χ1n) is 18.7. The molecular formula is C41H51ClN7O6PS. The summed E-state index contributed by atoms with van der Waals surface area (Å²) in [5.74, 6) is 6.66. The highest BCUT2D eigenvalue weighted by Gasteiger charge is 2.37. The van der Waals surface area contributed by atoms with Gasteiger partial charge in [0, 0.05) is 45.2 Å². The highest BCUT2D eigenvalue weighted by atomic mass is 35.5. The Labute approximate surface area is 343 Å². The second-order valence-corrected chi connectivity index (χ2v) is 18.8. The molecule has 304 valence electrons. The van der Waals surface area contributed by atoms with Gasteiger partial charge in [-0.2, -0.15) is 0 Å². The van der Waals surface area contributed by atoms with Gasteiger partial charge in [0.2, 0.25) is 11.8 Å². The number of hydrogen-bond donors (Lipinski definition) is 3. The maximum absolute atomic E-state index is 13.6. The van der Waals surface area contributed by atoms with Gasteiger partial charge in [0.15, 0.2) is 5.82 Å². The predicted molar refractivity (Wildman–Crippen MR) is 225 cm³/mol. The SMILES string of the molecule is Cc1sc2c(c1C)C(c1ccc(Cl)cc1)=N[C@@H](CC(=O)NCCCC(=O)Nc1ccc(COP(=O)(OC(C)(C)C)OC(C)(C)C)c(C#CCN)c1)c1nnc(C)n1-2. The molecule has 5 rings (SSSR count). The molecule has 0 saturated carbocycles. The smallest absolute Gasteiger partial charge is 0.356 e. The number of carbonyl (C=O) groups excluding carboxylic acids is 2. The first kappa shape index (κ1) is 43.9. The Morgan fingerprint density at radius 2 is 1.68 bits per heavy atom. The van der Waals surface area contributed by atoms with Crippen molar-refractivity contribution in [2.75, 3.05) is 18.4 Å². The fourth-order valence-corrected chi connectivity index (χ4v) is 9.14. The number of amides is 2. The summed E-state index contributed by atoms with van der Waals surface area (Å²) in [5, 5.41) is 16.3. The van der Waals surface area contributed by atoms with E-state index in [1.807, 2.05) is 35.8 Å². The quantitative estimate of drug-likeness (QED) is 0.0681. The Bertz CT molecular complexity index is 2240. The first-order valence-corrected chi connectivity index (χ1v) is 21.3. The molecule has 16 heteroatoms. The molecule has 0 unspecified atom stereocenters. The summed E-state index contributed by atoms with van der Waals surface area (Å²) in [7, 11) is -3.98. The number of benzene rings is 2. The number of rotatable bonds is 13. The Kier molecular flexibility index (Phi) is 14.0. The number of aromatic nitrogens is 3. The standard InChI is InChI=1S/C41H51ClN7O6PS/c1-25-26(2)57-39-36(25)37(28-14-17-31(42)18-15-28)46-33(38-48-47-27(3)49(38)39)23-35(51)44-21-11-13-34(50)45-32-19-16-30(29(22-32)12-10-20-43)24-53-56(52,54-40(4,5)6)55-41(7,8)9/h14-19,22,33H,11,13,20-21,23-24,43H2,1-9H3,(H,44,51)(H,45,50)/t33-/m0/s1. The number of nitrogens with zero attached hydrogens (tertiary/aromatic N) is 4. The Balaban J connectivity index is 1.21. The largest absolute Gasteiger partial charge is 0.476 e. The van der Waals surface area contributed by atoms with Gasteiger partial charge in [-0.1, -0.05) is 41.6 Å². The molecule has 4 aromatic rings. The summed E-state index contributed by atoms with van der Waals surface area (Å²) in [6.07, 6.45) is 0.591. The first-order chi connectivity index (χ1) is 26.8. The third-order valence-corrected chi connectivity index (χ3v) is 11.9. The Morgan fingerprint density at radius 3 is 2.33 bits per heavy atom. The summed E-state index contributed by atoms with van der Waals surface area (Å²) in [6, 6.07) is 12.1. The fourth-order valence-electron chi connectivity index (χ4n) is 6.01. The minimum Gasteiger partial charge on any atom is -0.356 e. The number of nitrogens with two attached hydrogens (primary N) is 1. The zero-order valence-electron chi connectivity index (χ0n) is 33.9. The summed E-state index contributed by atoms with van der Waals surface area (Å²) < 4.78 is 32.9. The number of hydrogen-bond acceptors (Lipinski definition) is 11. The van der Waals surface area contributed by atoms with Gasteiger partial charge < -0.3 is 16.4 Å². The molecule has 3 heterocycles. The second kappa shape index (κ2) is 18.2. The molecule has 1 atom stereocenters. The minimum absolute atomic E-state index is 0.0389. The molecule has 57 heavy (non-hydrogen) atoms. The van der Waals surface area contributed by atoms with E-state index in [1.54, 1.807) is 71.1 Å². The molecule has 13 nitrogen and oxygen atoms in total. The van der Waals surface area contributed by atoms with Crippen molar-refractivity contribution in [1.29, 1.82) is 0 Å². The van der Waals surface area contributed by atoms with Crippen molar-refractivity contribution in [3.8, 4) is 16.8 Å². The number of thiophene rings is 1. The molecule has 2 amide bonds. The highest BCUT2D eigenvalue weighted by Crippen LogP contribution is 2.56. The molecular weight excluding hydrogens is 785 g/mol. The number of anilines is 1. The second-order valence-electron chi connectivity index (χ2n) is 15.6. The number of aryl methyl sites for hydroxylation is 2. The average molecular weight is 836 g/mol. The van der Waals surface area contributed by atoms with Crippen LogP contribution in [0, 0.1) is 32.6 Å². The molecule has 0 spiro atoms. The number of carbonyl (C=O) groups is 2. The Morgan fingerprint density at radius 1 is 1.00 bits per heavy atom. The molecule has 2 aromatic heterocycles. The lowest BCUT2D eigenvalue weighted by molar-refractivity contribution is -0.122. The lowest BCUT2D eigenvalue weighted by Crippen LogP contribution is -2.27. The highest BCUT2D eigenvalue weighted by molar-refractivity contribution is 7.48. The molecule has 4 N–H and O–H groups in total. The van der Waals surface area contributed by atoms with E-state index < -0.39 is 25.1 Å². The van der Waals surface area contributed by atoms with Gasteiger partial charge in [0.25, 0.3) is 0 Å². The van der Waals surface area contributed by atoms with Crippen LogP contribution >= 0.6 is 30.8 Å². The normalized spacial score (nSPS) is 14.2. The topological polar surface area (TPSA) is 172 Å². The van der Waals surface area contributed by atoms with Crippen LogP contribution in [-0.2, 0) is 34.3 Å². The van der Waals surface area contributed by atoms with Crippen molar-refractivity contribution in [3.63, 3.8) is 0 Å². The molecule has 0 aliphatic carbocycles. The van der Waals surface area contributed by atoms with Crippen LogP contribution in [0.2, 0.25) is 5.02 Å². The molecule has 2 aromatic carbocycles.